The molecule has 0 amide bonds. The molecule has 1 aliphatic rings. The van der Waals surface area contributed by atoms with Crippen LogP contribution in [0.15, 0.2) is 35.3 Å². The lowest BCUT2D eigenvalue weighted by Crippen LogP contribution is -2.45. The predicted octanol–water partition coefficient (Wildman–Crippen LogP) is 2.24. The predicted molar refractivity (Wildman–Crippen MR) is 108 cm³/mol. The summed E-state index contributed by atoms with van der Waals surface area (Å²) in [4.78, 5) is 4.44. The molecule has 0 spiro atoms. The first-order chi connectivity index (χ1) is 12.5. The van der Waals surface area contributed by atoms with Crippen molar-refractivity contribution in [3.63, 3.8) is 0 Å². The molecule has 26 heavy (non-hydrogen) atoms. The molecular weight excluding hydrogens is 348 g/mol. The highest BCUT2D eigenvalue weighted by atomic mass is 32.2. The van der Waals surface area contributed by atoms with E-state index in [1.54, 1.807) is 0 Å². The summed E-state index contributed by atoms with van der Waals surface area (Å²) >= 11 is 0. The Balaban J connectivity index is 1.80. The molecule has 0 saturated heterocycles. The average Bonchev–Trinajstić information content (AvgIpc) is 2.63. The molecule has 0 aliphatic heterocycles. The maximum atomic E-state index is 12.1. The number of rotatable bonds is 8. The van der Waals surface area contributed by atoms with Crippen LogP contribution in [-0.4, -0.2) is 39.3 Å². The Hall–Kier alpha value is -1.60. The van der Waals surface area contributed by atoms with Gasteiger partial charge in [0.15, 0.2) is 5.96 Å². The third kappa shape index (κ3) is 7.74. The maximum Gasteiger partial charge on any atom is 0.213 e. The number of guanidine groups is 1. The van der Waals surface area contributed by atoms with E-state index in [0.29, 0.717) is 18.5 Å². The second kappa shape index (κ2) is 10.5. The summed E-state index contributed by atoms with van der Waals surface area (Å²) in [6.07, 6.45) is 4.74. The van der Waals surface area contributed by atoms with Crippen molar-refractivity contribution in [2.24, 2.45) is 10.9 Å². The zero-order valence-electron chi connectivity index (χ0n) is 15.9. The van der Waals surface area contributed by atoms with Crippen LogP contribution < -0.4 is 15.4 Å². The molecule has 2 rings (SSSR count). The lowest BCUT2D eigenvalue weighted by Gasteiger charge is -2.28. The van der Waals surface area contributed by atoms with Crippen molar-refractivity contribution >= 4 is 16.0 Å². The minimum absolute atomic E-state index is 0.0158. The van der Waals surface area contributed by atoms with Gasteiger partial charge in [-0.05, 0) is 44.1 Å². The molecule has 0 aromatic heterocycles. The molecule has 1 aliphatic carbocycles. The van der Waals surface area contributed by atoms with E-state index in [0.717, 1.165) is 30.9 Å². The van der Waals surface area contributed by atoms with Crippen LogP contribution in [0.25, 0.3) is 0 Å². The van der Waals surface area contributed by atoms with Gasteiger partial charge in [0.25, 0.3) is 0 Å². The largest absolute Gasteiger partial charge is 0.357 e. The normalized spacial score (nSPS) is 21.4. The second-order valence-electron chi connectivity index (χ2n) is 6.99. The second-order valence-corrected chi connectivity index (χ2v) is 8.91. The monoisotopic (exact) mass is 380 g/mol. The van der Waals surface area contributed by atoms with Crippen molar-refractivity contribution in [2.75, 3.05) is 18.8 Å². The first-order valence-corrected chi connectivity index (χ1v) is 11.2. The van der Waals surface area contributed by atoms with Crippen molar-refractivity contribution in [3.05, 3.63) is 35.9 Å². The highest BCUT2D eigenvalue weighted by Crippen LogP contribution is 2.23. The van der Waals surface area contributed by atoms with Crippen LogP contribution in [0.4, 0.5) is 0 Å². The van der Waals surface area contributed by atoms with E-state index in [1.807, 2.05) is 37.3 Å². The van der Waals surface area contributed by atoms with Crippen LogP contribution in [-0.2, 0) is 16.6 Å². The summed E-state index contributed by atoms with van der Waals surface area (Å²) < 4.78 is 26.9. The Morgan fingerprint density at radius 3 is 2.50 bits per heavy atom. The van der Waals surface area contributed by atoms with Crippen LogP contribution in [0.1, 0.15) is 45.1 Å². The Morgan fingerprint density at radius 2 is 1.85 bits per heavy atom. The highest BCUT2D eigenvalue weighted by molar-refractivity contribution is 7.89. The van der Waals surface area contributed by atoms with Gasteiger partial charge in [0.1, 0.15) is 0 Å². The molecule has 1 aromatic carbocycles. The quantitative estimate of drug-likeness (QED) is 0.477. The van der Waals surface area contributed by atoms with E-state index in [-0.39, 0.29) is 12.3 Å². The van der Waals surface area contributed by atoms with E-state index in [2.05, 4.69) is 27.3 Å². The molecule has 0 atom stereocenters. The van der Waals surface area contributed by atoms with Crippen LogP contribution >= 0.6 is 0 Å². The molecule has 0 radical (unpaired) electrons. The minimum atomic E-state index is -3.34. The smallest absolute Gasteiger partial charge is 0.213 e. The molecule has 1 fully saturated rings. The number of nitrogens with one attached hydrogen (secondary N) is 3. The average molecular weight is 381 g/mol. The van der Waals surface area contributed by atoms with Crippen molar-refractivity contribution in [1.82, 2.24) is 15.4 Å². The Kier molecular flexibility index (Phi) is 8.38. The lowest BCUT2D eigenvalue weighted by atomic mass is 9.87. The molecular formula is C19H32N4O2S. The fourth-order valence-corrected chi connectivity index (χ4v) is 3.92. The Morgan fingerprint density at radius 1 is 1.15 bits per heavy atom. The van der Waals surface area contributed by atoms with Gasteiger partial charge < -0.3 is 10.6 Å². The summed E-state index contributed by atoms with van der Waals surface area (Å²) in [5.74, 6) is 1.50. The number of aliphatic imine (C=N–C) groups is 1. The molecule has 6 nitrogen and oxygen atoms in total. The SMILES string of the molecule is CCNC(=NCCS(=O)(=O)NCc1ccccc1)NC1CCC(C)CC1. The molecule has 1 aromatic rings. The van der Waals surface area contributed by atoms with Crippen LogP contribution in [0, 0.1) is 5.92 Å². The summed E-state index contributed by atoms with van der Waals surface area (Å²) in [5.41, 5.74) is 0.945. The number of hydrogen-bond acceptors (Lipinski definition) is 3. The van der Waals surface area contributed by atoms with Crippen LogP contribution in [0.3, 0.4) is 0 Å². The van der Waals surface area contributed by atoms with E-state index in [9.17, 15) is 8.42 Å². The van der Waals surface area contributed by atoms with Crippen molar-refractivity contribution in [1.29, 1.82) is 0 Å². The van der Waals surface area contributed by atoms with Gasteiger partial charge in [0, 0.05) is 19.1 Å². The highest BCUT2D eigenvalue weighted by Gasteiger charge is 2.19. The summed E-state index contributed by atoms with van der Waals surface area (Å²) in [6, 6.07) is 9.94. The van der Waals surface area contributed by atoms with Crippen LogP contribution in [0.5, 0.6) is 0 Å². The third-order valence-corrected chi connectivity index (χ3v) is 5.97. The number of benzene rings is 1. The molecule has 0 unspecified atom stereocenters. The van der Waals surface area contributed by atoms with Gasteiger partial charge in [0.05, 0.1) is 12.3 Å². The Bertz CT molecular complexity index is 653. The molecule has 0 bridgehead atoms. The third-order valence-electron chi connectivity index (χ3n) is 4.67. The van der Waals surface area contributed by atoms with E-state index >= 15 is 0 Å². The van der Waals surface area contributed by atoms with E-state index in [1.165, 1.54) is 12.8 Å². The van der Waals surface area contributed by atoms with Gasteiger partial charge in [0.2, 0.25) is 10.0 Å². The van der Waals surface area contributed by atoms with Crippen molar-refractivity contribution in [3.8, 4) is 0 Å². The molecule has 7 heteroatoms. The minimum Gasteiger partial charge on any atom is -0.357 e. The fourth-order valence-electron chi connectivity index (χ4n) is 3.06. The van der Waals surface area contributed by atoms with Gasteiger partial charge in [-0.3, -0.25) is 4.99 Å². The first-order valence-electron chi connectivity index (χ1n) is 9.54. The van der Waals surface area contributed by atoms with Crippen molar-refractivity contribution in [2.45, 2.75) is 52.1 Å². The number of sulfonamides is 1. The molecule has 1 saturated carbocycles. The number of hydrogen-bond donors (Lipinski definition) is 3. The zero-order chi connectivity index (χ0) is 18.8. The maximum absolute atomic E-state index is 12.1. The van der Waals surface area contributed by atoms with Gasteiger partial charge in [-0.2, -0.15) is 0 Å². The zero-order valence-corrected chi connectivity index (χ0v) is 16.7. The molecule has 0 heterocycles. The first kappa shape index (κ1) is 20.7. The molecule has 3 N–H and O–H groups in total. The van der Waals surface area contributed by atoms with Gasteiger partial charge >= 0.3 is 0 Å². The summed E-state index contributed by atoms with van der Waals surface area (Å²) in [7, 11) is -3.34. The summed E-state index contributed by atoms with van der Waals surface area (Å²) in [5, 5.41) is 6.65. The van der Waals surface area contributed by atoms with Crippen LogP contribution in [0.2, 0.25) is 0 Å². The lowest BCUT2D eigenvalue weighted by molar-refractivity contribution is 0.329. The summed E-state index contributed by atoms with van der Waals surface area (Å²) in [6.45, 7) is 5.61. The van der Waals surface area contributed by atoms with E-state index < -0.39 is 10.0 Å². The number of nitrogens with zero attached hydrogens (tertiary/aromatic N) is 1. The van der Waals surface area contributed by atoms with Gasteiger partial charge in [-0.1, -0.05) is 37.3 Å². The standard InChI is InChI=1S/C19H32N4O2S/c1-3-20-19(23-18-11-9-16(2)10-12-18)21-13-14-26(24,25)22-15-17-7-5-4-6-8-17/h4-8,16,18,22H,3,9-15H2,1-2H3,(H2,20,21,23). The van der Waals surface area contributed by atoms with E-state index in [4.69, 9.17) is 0 Å². The fraction of sp³-hybridized carbons (Fsp3) is 0.632. The topological polar surface area (TPSA) is 82.6 Å². The van der Waals surface area contributed by atoms with Crippen molar-refractivity contribution < 1.29 is 8.42 Å². The Labute approximate surface area is 157 Å². The van der Waals surface area contributed by atoms with Gasteiger partial charge in [-0.25, -0.2) is 13.1 Å². The molecule has 146 valence electrons. The van der Waals surface area contributed by atoms with Gasteiger partial charge in [-0.15, -0.1) is 0 Å².